The number of sulfonamides is 3. The molecule has 3 fully saturated rings. The van der Waals surface area contributed by atoms with E-state index in [2.05, 4.69) is 48.1 Å². The number of carbonyl (C=O) groups excluding carboxylic acids is 2. The minimum atomic E-state index is -3.71. The van der Waals surface area contributed by atoms with E-state index in [0.29, 0.717) is 54.7 Å². The first kappa shape index (κ1) is 70.9. The van der Waals surface area contributed by atoms with Crippen LogP contribution >= 0.6 is 0 Å². The number of aromatic amines is 2. The predicted molar refractivity (Wildman–Crippen MR) is 302 cm³/mol. The number of carbonyl (C=O) groups is 2. The van der Waals surface area contributed by atoms with Gasteiger partial charge in [0.25, 0.3) is 10.1 Å². The number of hydrogen-bond acceptors (Lipinski definition) is 15. The fourth-order valence-corrected chi connectivity index (χ4v) is 12.4. The molecule has 1 saturated carbocycles. The number of aryl methyl sites for hydroxylation is 4. The predicted octanol–water partition coefficient (Wildman–Crippen LogP) is 6.99. The van der Waals surface area contributed by atoms with Crippen molar-refractivity contribution in [2.45, 2.75) is 225 Å². The van der Waals surface area contributed by atoms with Gasteiger partial charge in [-0.2, -0.15) is 23.7 Å². The average Bonchev–Trinajstić information content (AvgIpc) is 4.10. The number of ether oxygens (including phenoxy) is 2. The van der Waals surface area contributed by atoms with Gasteiger partial charge in [0.2, 0.25) is 36.3 Å². The van der Waals surface area contributed by atoms with Gasteiger partial charge >= 0.3 is 12.2 Å². The lowest BCUT2D eigenvalue weighted by Crippen LogP contribution is -2.45. The molecule has 2 amide bonds. The number of likely N-dealkylation sites (tertiary alicyclic amines) is 2. The van der Waals surface area contributed by atoms with Crippen LogP contribution in [0, 0.1) is 37.0 Å². The number of hydrogen-bond donors (Lipinski definition) is 5. The van der Waals surface area contributed by atoms with Crippen molar-refractivity contribution < 1.29 is 61.6 Å². The summed E-state index contributed by atoms with van der Waals surface area (Å²) in [4.78, 5) is 28.6. The maximum absolute atomic E-state index is 12.5. The zero-order chi connectivity index (χ0) is 59.7. The molecule has 6 rings (SSSR count). The molecule has 3 aromatic rings. The molecule has 3 aromatic heterocycles. The van der Waals surface area contributed by atoms with E-state index < -0.39 is 51.4 Å². The lowest BCUT2D eigenvalue weighted by Gasteiger charge is -2.33. The summed E-state index contributed by atoms with van der Waals surface area (Å²) in [5, 5.41) is 28.1. The van der Waals surface area contributed by atoms with Crippen LogP contribution in [-0.4, -0.2) is 129 Å². The van der Waals surface area contributed by atoms with Gasteiger partial charge in [-0.15, -0.1) is 4.68 Å². The van der Waals surface area contributed by atoms with Crippen molar-refractivity contribution in [2.24, 2.45) is 38.6 Å². The van der Waals surface area contributed by atoms with Gasteiger partial charge in [0.05, 0.1) is 36.6 Å². The first-order valence-electron chi connectivity index (χ1n) is 26.3. The molecule has 3 aliphatic rings. The molecule has 2 saturated heterocycles. The van der Waals surface area contributed by atoms with Crippen molar-refractivity contribution in [3.8, 4) is 0 Å². The number of aromatic nitrogens is 6. The van der Waals surface area contributed by atoms with Gasteiger partial charge in [0.15, 0.2) is 11.4 Å². The Labute approximate surface area is 472 Å². The number of amides is 2. The van der Waals surface area contributed by atoms with Crippen LogP contribution in [0.2, 0.25) is 0 Å². The Kier molecular flexibility index (Phi) is 24.9. The zero-order valence-corrected chi connectivity index (χ0v) is 52.0. The summed E-state index contributed by atoms with van der Waals surface area (Å²) in [5.74, 6) is 1.54. The highest BCUT2D eigenvalue weighted by atomic mass is 32.2. The smallest absolute Gasteiger partial charge is 0.410 e. The molecule has 2 aliphatic heterocycles. The molecule has 0 aromatic carbocycles. The van der Waals surface area contributed by atoms with E-state index in [0.717, 1.165) is 57.2 Å². The van der Waals surface area contributed by atoms with Gasteiger partial charge in [0.1, 0.15) is 21.0 Å². The van der Waals surface area contributed by atoms with Gasteiger partial charge in [0, 0.05) is 43.3 Å². The molecular weight excluding hydrogens is 1100 g/mol. The van der Waals surface area contributed by atoms with Crippen molar-refractivity contribution in [3.05, 3.63) is 36.2 Å². The molecule has 0 spiro atoms. The summed E-state index contributed by atoms with van der Waals surface area (Å²) in [6.45, 7) is 30.3. The van der Waals surface area contributed by atoms with E-state index in [9.17, 15) is 43.3 Å². The van der Waals surface area contributed by atoms with Crippen molar-refractivity contribution >= 4 is 52.4 Å². The van der Waals surface area contributed by atoms with Gasteiger partial charge in [-0.25, -0.2) is 50.3 Å². The standard InChI is InChI=1S/C18H32N4O4S.C15H29NO5S.C13H23N3O2S.C4H7N3O2S.CH4/c1-13-15(27(19,24)25)12-21(20-13)9-7-8-14-10-18(5,6)22(11-14)16(23)26-17(2,3)4;1-14(2,3)21-13(17)16-11-12(10-15(16,4)5)8-7-9-20-22(6,18)19;1-13(2)6-5-11(8-13)4-3-7-16-10-12(9-15-16)19(14,17)18;1-3-4(2-6-7-3)10(5,8)9;/h12,14H,7-11H2,1-6H3,(H2,19,24,25);12H,7-11H2,1-6H3;9-11H,3-8H2,1-2H3,(H2,14,17,18);2H,1H3,(H,6,7)(H2,5,8,9);1H4/p+1. The van der Waals surface area contributed by atoms with Crippen LogP contribution in [0.3, 0.4) is 0 Å². The third-order valence-electron chi connectivity index (χ3n) is 13.6. The lowest BCUT2D eigenvalue weighted by molar-refractivity contribution is -0.751. The quantitative estimate of drug-likeness (QED) is 0.0548. The molecule has 3 atom stereocenters. The van der Waals surface area contributed by atoms with Crippen molar-refractivity contribution in [3.63, 3.8) is 0 Å². The molecule has 3 unspecified atom stereocenters. The Morgan fingerprint density at radius 1 is 0.709 bits per heavy atom. The van der Waals surface area contributed by atoms with E-state index in [-0.39, 0.29) is 52.0 Å². The van der Waals surface area contributed by atoms with E-state index in [1.54, 1.807) is 28.1 Å². The van der Waals surface area contributed by atoms with Gasteiger partial charge < -0.3 is 19.3 Å². The number of nitrogens with one attached hydrogen (secondary N) is 2. The fraction of sp³-hybridized carbons (Fsp3) is 0.784. The minimum absolute atomic E-state index is 0. The topological polar surface area (TPSA) is 349 Å². The van der Waals surface area contributed by atoms with E-state index in [4.69, 9.17) is 29.1 Å². The van der Waals surface area contributed by atoms with E-state index in [1.165, 1.54) is 50.5 Å². The summed E-state index contributed by atoms with van der Waals surface area (Å²) < 4.78 is 108. The second kappa shape index (κ2) is 27.7. The molecular formula is C51H96N11O13S4+. The summed E-state index contributed by atoms with van der Waals surface area (Å²) in [5.41, 5.74) is 0.00696. The van der Waals surface area contributed by atoms with Crippen LogP contribution in [0.4, 0.5) is 9.59 Å². The summed E-state index contributed by atoms with van der Waals surface area (Å²) >= 11 is 0. The van der Waals surface area contributed by atoms with Crippen molar-refractivity contribution in [2.75, 3.05) is 26.0 Å². The third-order valence-corrected chi connectivity index (χ3v) is 17.1. The molecule has 0 radical (unpaired) electrons. The van der Waals surface area contributed by atoms with E-state index in [1.807, 2.05) is 60.3 Å². The van der Waals surface area contributed by atoms with Crippen molar-refractivity contribution in [1.82, 2.24) is 34.9 Å². The Balaban J connectivity index is 0.000000374. The maximum Gasteiger partial charge on any atom is 0.410 e. The molecule has 8 N–H and O–H groups in total. The van der Waals surface area contributed by atoms with Crippen LogP contribution in [-0.2, 0) is 66.9 Å². The molecule has 5 heterocycles. The SMILES string of the molecule is C.CC(C)(C)OC(=O)N1CC(CCCOS(C)(=O)=O)CC1(C)C.CC1(C)CCC(CCCn2cc(S(N)(=O)=O)cn2)C1.Cc1[nH][n+](CCCC2CN(C(=O)OC(C)(C)C)C(C)(C)C2)cc1S(N)(=O)=O.Cc1[nH]ncc1S(N)(=O)=O. The molecule has 0 bridgehead atoms. The second-order valence-corrected chi connectivity index (χ2v) is 31.3. The fourth-order valence-electron chi connectivity index (χ4n) is 10.1. The second-order valence-electron chi connectivity index (χ2n) is 25.0. The summed E-state index contributed by atoms with van der Waals surface area (Å²) in [7, 11) is -14.3. The highest BCUT2D eigenvalue weighted by Crippen LogP contribution is 2.43. The molecule has 79 heavy (non-hydrogen) atoms. The highest BCUT2D eigenvalue weighted by Gasteiger charge is 2.44. The maximum atomic E-state index is 12.5. The minimum Gasteiger partial charge on any atom is -0.444 e. The largest absolute Gasteiger partial charge is 0.444 e. The molecule has 456 valence electrons. The van der Waals surface area contributed by atoms with E-state index >= 15 is 0 Å². The molecule has 1 aliphatic carbocycles. The Morgan fingerprint density at radius 3 is 1.58 bits per heavy atom. The Bertz CT molecular complexity index is 2920. The highest BCUT2D eigenvalue weighted by molar-refractivity contribution is 7.89. The van der Waals surface area contributed by atoms with Gasteiger partial charge in [-0.3, -0.25) is 14.0 Å². The number of nitrogens with two attached hydrogens (primary N) is 3. The molecule has 24 nitrogen and oxygen atoms in total. The number of nitrogens with zero attached hydrogens (tertiary/aromatic N) is 6. The normalized spacial score (nSPS) is 19.9. The Morgan fingerprint density at radius 2 is 1.20 bits per heavy atom. The van der Waals surface area contributed by atoms with Crippen LogP contribution in [0.5, 0.6) is 0 Å². The van der Waals surface area contributed by atoms with Crippen LogP contribution in [0.25, 0.3) is 0 Å². The lowest BCUT2D eigenvalue weighted by atomic mass is 9.89. The third kappa shape index (κ3) is 24.8. The van der Waals surface area contributed by atoms with Gasteiger partial charge in [-0.05, 0) is 170 Å². The monoisotopic (exact) mass is 1200 g/mol. The summed E-state index contributed by atoms with van der Waals surface area (Å²) in [6.07, 6.45) is 17.3. The van der Waals surface area contributed by atoms with Crippen LogP contribution in [0.1, 0.15) is 173 Å². The molecule has 28 heteroatoms. The zero-order valence-electron chi connectivity index (χ0n) is 48.7. The Hall–Kier alpha value is -4.19. The van der Waals surface area contributed by atoms with Crippen LogP contribution in [0.15, 0.2) is 39.5 Å². The number of H-pyrrole nitrogens is 2. The number of rotatable bonds is 16. The van der Waals surface area contributed by atoms with Crippen LogP contribution < -0.4 is 20.1 Å². The van der Waals surface area contributed by atoms with Crippen molar-refractivity contribution in [1.29, 1.82) is 0 Å². The average molecular weight is 1200 g/mol. The van der Waals surface area contributed by atoms with Gasteiger partial charge in [-0.1, -0.05) is 21.3 Å². The summed E-state index contributed by atoms with van der Waals surface area (Å²) in [6, 6.07) is 0. The number of primary sulfonamides is 3. The first-order chi connectivity index (χ1) is 35.3. The first-order valence-corrected chi connectivity index (χ1v) is 32.8.